The maximum atomic E-state index is 12.9. The maximum absolute atomic E-state index is 12.9. The molecule has 28 heavy (non-hydrogen) atoms. The van der Waals surface area contributed by atoms with Crippen LogP contribution in [0.5, 0.6) is 11.5 Å². The van der Waals surface area contributed by atoms with E-state index >= 15 is 0 Å². The van der Waals surface area contributed by atoms with Gasteiger partial charge in [-0.25, -0.2) is 4.39 Å². The third-order valence-electron chi connectivity index (χ3n) is 3.89. The minimum Gasteiger partial charge on any atom is -0.493 e. The zero-order valence-electron chi connectivity index (χ0n) is 15.9. The number of rotatable bonds is 9. The highest BCUT2D eigenvalue weighted by molar-refractivity contribution is 5.94. The molecule has 0 bridgehead atoms. The highest BCUT2D eigenvalue weighted by Crippen LogP contribution is 2.28. The summed E-state index contributed by atoms with van der Waals surface area (Å²) >= 11 is 0. The second-order valence-electron chi connectivity index (χ2n) is 6.07. The van der Waals surface area contributed by atoms with Gasteiger partial charge in [-0.3, -0.25) is 9.59 Å². The van der Waals surface area contributed by atoms with Gasteiger partial charge in [-0.05, 0) is 48.4 Å². The van der Waals surface area contributed by atoms with E-state index < -0.39 is 11.7 Å². The quantitative estimate of drug-likeness (QED) is 0.673. The number of allylic oxidation sites excluding steroid dienone is 1. The molecule has 2 aromatic carbocycles. The van der Waals surface area contributed by atoms with Crippen LogP contribution < -0.4 is 14.8 Å². The molecule has 0 aliphatic rings. The Labute approximate surface area is 163 Å². The summed E-state index contributed by atoms with van der Waals surface area (Å²) in [6.07, 6.45) is 2.48. The van der Waals surface area contributed by atoms with Gasteiger partial charge in [0, 0.05) is 12.7 Å². The highest BCUT2D eigenvalue weighted by atomic mass is 19.1. The number of hydrogen-bond acceptors (Lipinski definition) is 4. The van der Waals surface area contributed by atoms with Crippen molar-refractivity contribution in [2.75, 3.05) is 32.6 Å². The van der Waals surface area contributed by atoms with Crippen molar-refractivity contribution in [3.63, 3.8) is 0 Å². The van der Waals surface area contributed by atoms with Crippen molar-refractivity contribution in [2.45, 2.75) is 6.42 Å². The Bertz CT molecular complexity index is 837. The summed E-state index contributed by atoms with van der Waals surface area (Å²) in [4.78, 5) is 25.5. The zero-order chi connectivity index (χ0) is 20.5. The van der Waals surface area contributed by atoms with Gasteiger partial charge >= 0.3 is 0 Å². The Balaban J connectivity index is 1.87. The molecule has 0 aliphatic carbocycles. The van der Waals surface area contributed by atoms with E-state index in [1.165, 1.54) is 43.3 Å². The average molecular weight is 386 g/mol. The lowest BCUT2D eigenvalue weighted by Gasteiger charge is -2.18. The molecule has 0 spiro atoms. The number of amides is 2. The fourth-order valence-corrected chi connectivity index (χ4v) is 2.41. The van der Waals surface area contributed by atoms with E-state index in [4.69, 9.17) is 9.47 Å². The largest absolute Gasteiger partial charge is 0.493 e. The number of carbonyl (C=O) groups is 2. The van der Waals surface area contributed by atoms with Gasteiger partial charge in [-0.2, -0.15) is 0 Å². The summed E-state index contributed by atoms with van der Waals surface area (Å²) in [5, 5.41) is 2.60. The third-order valence-corrected chi connectivity index (χ3v) is 3.89. The lowest BCUT2D eigenvalue weighted by atomic mass is 10.1. The molecule has 0 radical (unpaired) electrons. The standard InChI is InChI=1S/C21H23FN2O4/c1-4-5-15-6-11-18(19(12-15)27-3)28-14-21(26)24(2)13-20(25)23-17-9-7-16(22)8-10-17/h4,6-12H,1,5,13-14H2,2-3H3,(H,23,25). The van der Waals surface area contributed by atoms with E-state index in [1.807, 2.05) is 12.1 Å². The first-order chi connectivity index (χ1) is 13.4. The Morgan fingerprint density at radius 3 is 2.54 bits per heavy atom. The van der Waals surface area contributed by atoms with Crippen LogP contribution in [-0.2, 0) is 16.0 Å². The summed E-state index contributed by atoms with van der Waals surface area (Å²) in [6.45, 7) is 3.30. The van der Waals surface area contributed by atoms with Crippen LogP contribution >= 0.6 is 0 Å². The fourth-order valence-electron chi connectivity index (χ4n) is 2.41. The number of halogens is 1. The molecule has 0 aromatic heterocycles. The molecular formula is C21H23FN2O4. The molecule has 1 N–H and O–H groups in total. The highest BCUT2D eigenvalue weighted by Gasteiger charge is 2.15. The van der Waals surface area contributed by atoms with Gasteiger partial charge in [-0.15, -0.1) is 6.58 Å². The van der Waals surface area contributed by atoms with Crippen molar-refractivity contribution in [3.05, 3.63) is 66.5 Å². The number of anilines is 1. The SMILES string of the molecule is C=CCc1ccc(OCC(=O)N(C)CC(=O)Nc2ccc(F)cc2)c(OC)c1. The van der Waals surface area contributed by atoms with E-state index in [1.54, 1.807) is 12.1 Å². The van der Waals surface area contributed by atoms with Crippen LogP contribution in [0, 0.1) is 5.82 Å². The van der Waals surface area contributed by atoms with E-state index in [-0.39, 0.29) is 19.1 Å². The minimum absolute atomic E-state index is 0.158. The second-order valence-corrected chi connectivity index (χ2v) is 6.07. The summed E-state index contributed by atoms with van der Waals surface area (Å²) in [7, 11) is 3.02. The van der Waals surface area contributed by atoms with Gasteiger partial charge in [0.15, 0.2) is 18.1 Å². The van der Waals surface area contributed by atoms with Gasteiger partial charge in [0.05, 0.1) is 13.7 Å². The van der Waals surface area contributed by atoms with Gasteiger partial charge in [0.25, 0.3) is 5.91 Å². The summed E-state index contributed by atoms with van der Waals surface area (Å²) in [6, 6.07) is 10.8. The number of ether oxygens (including phenoxy) is 2. The van der Waals surface area contributed by atoms with Gasteiger partial charge < -0.3 is 19.7 Å². The Morgan fingerprint density at radius 1 is 1.18 bits per heavy atom. The first-order valence-corrected chi connectivity index (χ1v) is 8.63. The molecule has 2 amide bonds. The molecule has 0 heterocycles. The third kappa shape index (κ3) is 6.12. The Kier molecular flexibility index (Phi) is 7.56. The van der Waals surface area contributed by atoms with Crippen molar-refractivity contribution in [2.24, 2.45) is 0 Å². The molecule has 2 rings (SSSR count). The van der Waals surface area contributed by atoms with Gasteiger partial charge in [0.1, 0.15) is 5.82 Å². The number of nitrogens with zero attached hydrogens (tertiary/aromatic N) is 1. The Morgan fingerprint density at radius 2 is 1.89 bits per heavy atom. The second kappa shape index (κ2) is 10.1. The van der Waals surface area contributed by atoms with Crippen LogP contribution in [0.3, 0.4) is 0 Å². The number of carbonyl (C=O) groups excluding carboxylic acids is 2. The summed E-state index contributed by atoms with van der Waals surface area (Å²) in [5.74, 6) is -0.202. The maximum Gasteiger partial charge on any atom is 0.260 e. The number of methoxy groups -OCH3 is 1. The molecule has 0 aliphatic heterocycles. The zero-order valence-corrected chi connectivity index (χ0v) is 15.9. The van der Waals surface area contributed by atoms with Crippen LogP contribution in [0.4, 0.5) is 10.1 Å². The van der Waals surface area contributed by atoms with Gasteiger partial charge in [-0.1, -0.05) is 12.1 Å². The lowest BCUT2D eigenvalue weighted by molar-refractivity contribution is -0.135. The monoisotopic (exact) mass is 386 g/mol. The van der Waals surface area contributed by atoms with Crippen molar-refractivity contribution in [1.29, 1.82) is 0 Å². The molecular weight excluding hydrogens is 363 g/mol. The van der Waals surface area contributed by atoms with E-state index in [0.717, 1.165) is 5.56 Å². The first-order valence-electron chi connectivity index (χ1n) is 8.63. The van der Waals surface area contributed by atoms with Crippen molar-refractivity contribution in [3.8, 4) is 11.5 Å². The first kappa shape index (κ1) is 21.0. The molecule has 6 nitrogen and oxygen atoms in total. The summed E-state index contributed by atoms with van der Waals surface area (Å²) in [5.41, 5.74) is 1.47. The summed E-state index contributed by atoms with van der Waals surface area (Å²) < 4.78 is 23.7. The predicted molar refractivity (Wildman–Crippen MR) is 105 cm³/mol. The fraction of sp³-hybridized carbons (Fsp3) is 0.238. The van der Waals surface area contributed by atoms with E-state index in [9.17, 15) is 14.0 Å². The van der Waals surface area contributed by atoms with Crippen LogP contribution in [0.1, 0.15) is 5.56 Å². The molecule has 0 atom stereocenters. The molecule has 7 heteroatoms. The van der Waals surface area contributed by atoms with Crippen LogP contribution in [0.15, 0.2) is 55.1 Å². The number of hydrogen-bond donors (Lipinski definition) is 1. The minimum atomic E-state index is -0.395. The lowest BCUT2D eigenvalue weighted by Crippen LogP contribution is -2.37. The molecule has 0 fully saturated rings. The van der Waals surface area contributed by atoms with Crippen molar-refractivity contribution >= 4 is 17.5 Å². The number of nitrogens with one attached hydrogen (secondary N) is 1. The normalized spacial score (nSPS) is 10.1. The van der Waals surface area contributed by atoms with Crippen molar-refractivity contribution < 1.29 is 23.5 Å². The number of likely N-dealkylation sites (N-methyl/N-ethyl adjacent to an activating group) is 1. The number of benzene rings is 2. The topological polar surface area (TPSA) is 67.9 Å². The van der Waals surface area contributed by atoms with Crippen LogP contribution in [0.2, 0.25) is 0 Å². The van der Waals surface area contributed by atoms with E-state index in [0.29, 0.717) is 23.6 Å². The smallest absolute Gasteiger partial charge is 0.260 e. The van der Waals surface area contributed by atoms with Crippen LogP contribution in [0.25, 0.3) is 0 Å². The Hall–Kier alpha value is -3.35. The van der Waals surface area contributed by atoms with Crippen molar-refractivity contribution in [1.82, 2.24) is 4.90 Å². The molecule has 0 saturated heterocycles. The molecule has 2 aromatic rings. The average Bonchev–Trinajstić information content (AvgIpc) is 2.68. The van der Waals surface area contributed by atoms with Crippen LogP contribution in [-0.4, -0.2) is 44.0 Å². The van der Waals surface area contributed by atoms with E-state index in [2.05, 4.69) is 11.9 Å². The molecule has 148 valence electrons. The molecule has 0 unspecified atom stereocenters. The van der Waals surface area contributed by atoms with Gasteiger partial charge in [0.2, 0.25) is 5.91 Å². The predicted octanol–water partition coefficient (Wildman–Crippen LogP) is 3.04. The molecule has 0 saturated carbocycles.